The molecule has 6 nitrogen and oxygen atoms in total. The first-order valence-corrected chi connectivity index (χ1v) is 11.1. The summed E-state index contributed by atoms with van der Waals surface area (Å²) in [7, 11) is 0. The third-order valence-corrected chi connectivity index (χ3v) is 4.31. The molecule has 0 radical (unpaired) electrons. The number of aliphatic hydroxyl groups excluding tert-OH is 1. The van der Waals surface area contributed by atoms with Crippen LogP contribution in [0.2, 0.25) is 0 Å². The molecule has 168 valence electrons. The summed E-state index contributed by atoms with van der Waals surface area (Å²) in [5.41, 5.74) is 0. The fourth-order valence-electron chi connectivity index (χ4n) is 2.63. The van der Waals surface area contributed by atoms with Gasteiger partial charge in [0.2, 0.25) is 0 Å². The van der Waals surface area contributed by atoms with Crippen molar-refractivity contribution in [1.82, 2.24) is 0 Å². The van der Waals surface area contributed by atoms with E-state index in [1.54, 1.807) is 0 Å². The quantitative estimate of drug-likeness (QED) is 0.318. The minimum absolute atomic E-state index is 0.0338. The Bertz CT molecular complexity index is 354. The van der Waals surface area contributed by atoms with E-state index in [0.717, 1.165) is 77.4 Å². The minimum Gasteiger partial charge on any atom is -0.481 e. The van der Waals surface area contributed by atoms with Crippen molar-refractivity contribution in [1.29, 1.82) is 0 Å². The zero-order valence-corrected chi connectivity index (χ0v) is 18.6. The van der Waals surface area contributed by atoms with Crippen molar-refractivity contribution < 1.29 is 29.3 Å². The zero-order chi connectivity index (χ0) is 21.6. The molecule has 0 bridgehead atoms. The van der Waals surface area contributed by atoms with Gasteiger partial charge in [0.15, 0.2) is 0 Å². The number of unbranched alkanes of at least 4 members (excludes halogenated alkanes) is 2. The normalized spacial score (nSPS) is 13.9. The summed E-state index contributed by atoms with van der Waals surface area (Å²) in [6, 6.07) is 0. The van der Waals surface area contributed by atoms with Crippen molar-refractivity contribution in [2.75, 3.05) is 26.4 Å². The van der Waals surface area contributed by atoms with E-state index < -0.39 is 5.97 Å². The van der Waals surface area contributed by atoms with Crippen LogP contribution in [-0.4, -0.2) is 48.6 Å². The van der Waals surface area contributed by atoms with E-state index in [0.29, 0.717) is 0 Å². The number of aliphatic carboxylic acids is 1. The molecule has 1 saturated heterocycles. The highest BCUT2D eigenvalue weighted by molar-refractivity contribution is 5.72. The number of carbonyl (C=O) groups excluding carboxylic acids is 1. The molecule has 1 heterocycles. The summed E-state index contributed by atoms with van der Waals surface area (Å²) < 4.78 is 9.41. The van der Waals surface area contributed by atoms with Gasteiger partial charge in [-0.05, 0) is 25.7 Å². The fraction of sp³-hybridized carbons (Fsp3) is 0.909. The number of ether oxygens (including phenoxy) is 2. The number of epoxide rings is 1. The lowest BCUT2D eigenvalue weighted by Gasteiger charge is -2.14. The highest BCUT2D eigenvalue weighted by atomic mass is 16.6. The van der Waals surface area contributed by atoms with Gasteiger partial charge in [0, 0.05) is 0 Å². The number of carboxylic acids is 1. The predicted molar refractivity (Wildman–Crippen MR) is 112 cm³/mol. The molecule has 1 fully saturated rings. The van der Waals surface area contributed by atoms with E-state index in [-0.39, 0.29) is 31.0 Å². The van der Waals surface area contributed by atoms with Gasteiger partial charge < -0.3 is 19.7 Å². The van der Waals surface area contributed by atoms with Gasteiger partial charge in [0.25, 0.3) is 0 Å². The Balaban J connectivity index is 0. The molecule has 6 heteroatoms. The predicted octanol–water partition coefficient (Wildman–Crippen LogP) is 4.82. The molecule has 0 aromatic heterocycles. The summed E-state index contributed by atoms with van der Waals surface area (Å²) in [6.07, 6.45) is 9.76. The van der Waals surface area contributed by atoms with Crippen molar-refractivity contribution in [2.45, 2.75) is 91.9 Å². The Morgan fingerprint density at radius 2 is 1.32 bits per heavy atom. The van der Waals surface area contributed by atoms with Crippen LogP contribution in [0.1, 0.15) is 91.9 Å². The third-order valence-electron chi connectivity index (χ3n) is 4.31. The highest BCUT2D eigenvalue weighted by Crippen LogP contribution is 2.16. The largest absolute Gasteiger partial charge is 0.481 e. The number of hydrogen-bond donors (Lipinski definition) is 2. The van der Waals surface area contributed by atoms with Gasteiger partial charge >= 0.3 is 11.9 Å². The van der Waals surface area contributed by atoms with E-state index in [1.807, 2.05) is 6.92 Å². The third kappa shape index (κ3) is 21.2. The molecule has 1 aliphatic rings. The standard InChI is InChI=1S/C11H22O3.C9H18O2.C2H4O/c1-3-5-7-10(6-4-2)11(13)14-9-8-12;1-3-5-7-8(6-4-2)9(10)11;1-2-3-1/h10,12H,3-9H2,1-2H3;8H,3-7H2,1-2H3,(H,10,11);1-2H2. The summed E-state index contributed by atoms with van der Waals surface area (Å²) in [4.78, 5) is 22.1. The van der Waals surface area contributed by atoms with Gasteiger partial charge in [-0.1, -0.05) is 66.2 Å². The van der Waals surface area contributed by atoms with Gasteiger partial charge in [0.1, 0.15) is 6.61 Å². The summed E-state index contributed by atoms with van der Waals surface area (Å²) >= 11 is 0. The second-order valence-corrected chi connectivity index (χ2v) is 7.10. The summed E-state index contributed by atoms with van der Waals surface area (Å²) in [6.45, 7) is 10.3. The molecule has 2 atom stereocenters. The Morgan fingerprint density at radius 1 is 0.857 bits per heavy atom. The second kappa shape index (κ2) is 22.2. The molecule has 0 aromatic carbocycles. The molecule has 28 heavy (non-hydrogen) atoms. The molecular formula is C22H44O6. The van der Waals surface area contributed by atoms with Crippen LogP contribution in [0.3, 0.4) is 0 Å². The Labute approximate surface area is 172 Å². The lowest BCUT2D eigenvalue weighted by Crippen LogP contribution is -2.19. The minimum atomic E-state index is -0.625. The number of carbonyl (C=O) groups is 2. The fourth-order valence-corrected chi connectivity index (χ4v) is 2.63. The van der Waals surface area contributed by atoms with Crippen molar-refractivity contribution in [3.63, 3.8) is 0 Å². The van der Waals surface area contributed by atoms with Crippen LogP contribution in [0.4, 0.5) is 0 Å². The lowest BCUT2D eigenvalue weighted by atomic mass is 9.97. The number of esters is 1. The molecule has 2 N–H and O–H groups in total. The van der Waals surface area contributed by atoms with Gasteiger partial charge in [0.05, 0.1) is 31.7 Å². The number of carboxylic acid groups (broad SMARTS) is 1. The lowest BCUT2D eigenvalue weighted by molar-refractivity contribution is -0.150. The SMILES string of the molecule is C1CO1.CCCCC(CCC)C(=O)O.CCCCC(CCC)C(=O)OCCO. The van der Waals surface area contributed by atoms with Crippen molar-refractivity contribution in [3.8, 4) is 0 Å². The maximum absolute atomic E-state index is 11.5. The van der Waals surface area contributed by atoms with Crippen LogP contribution in [0, 0.1) is 11.8 Å². The Morgan fingerprint density at radius 3 is 1.68 bits per heavy atom. The Hall–Kier alpha value is -1.14. The van der Waals surface area contributed by atoms with Crippen molar-refractivity contribution in [3.05, 3.63) is 0 Å². The van der Waals surface area contributed by atoms with Crippen LogP contribution in [0.15, 0.2) is 0 Å². The summed E-state index contributed by atoms with van der Waals surface area (Å²) in [5, 5.41) is 17.3. The average molecular weight is 405 g/mol. The zero-order valence-electron chi connectivity index (χ0n) is 18.6. The van der Waals surface area contributed by atoms with Crippen LogP contribution in [0.25, 0.3) is 0 Å². The van der Waals surface area contributed by atoms with E-state index in [1.165, 1.54) is 0 Å². The van der Waals surface area contributed by atoms with Crippen LogP contribution < -0.4 is 0 Å². The van der Waals surface area contributed by atoms with Gasteiger partial charge in [-0.2, -0.15) is 0 Å². The Kier molecular flexibility index (Phi) is 23.0. The van der Waals surface area contributed by atoms with Gasteiger partial charge in [-0.25, -0.2) is 0 Å². The van der Waals surface area contributed by atoms with Crippen molar-refractivity contribution >= 4 is 11.9 Å². The first-order chi connectivity index (χ1) is 13.5. The molecule has 0 saturated carbocycles. The highest BCUT2D eigenvalue weighted by Gasteiger charge is 2.18. The van der Waals surface area contributed by atoms with E-state index >= 15 is 0 Å². The first kappa shape index (κ1) is 29.1. The molecule has 2 unspecified atom stereocenters. The van der Waals surface area contributed by atoms with Crippen molar-refractivity contribution in [2.24, 2.45) is 11.8 Å². The molecular weight excluding hydrogens is 360 g/mol. The number of hydrogen-bond acceptors (Lipinski definition) is 5. The maximum atomic E-state index is 11.5. The monoisotopic (exact) mass is 404 g/mol. The molecule has 1 rings (SSSR count). The molecule has 0 amide bonds. The molecule has 1 aliphatic heterocycles. The van der Waals surface area contributed by atoms with E-state index in [4.69, 9.17) is 14.9 Å². The topological polar surface area (TPSA) is 96.4 Å². The van der Waals surface area contributed by atoms with Gasteiger partial charge in [-0.3, -0.25) is 9.59 Å². The number of rotatable bonds is 14. The van der Waals surface area contributed by atoms with Gasteiger partial charge in [-0.15, -0.1) is 0 Å². The average Bonchev–Trinajstić information content (AvgIpc) is 3.56. The van der Waals surface area contributed by atoms with Crippen LogP contribution in [0.5, 0.6) is 0 Å². The first-order valence-electron chi connectivity index (χ1n) is 11.1. The molecule has 0 spiro atoms. The van der Waals surface area contributed by atoms with Crippen LogP contribution in [-0.2, 0) is 19.1 Å². The maximum Gasteiger partial charge on any atom is 0.309 e. The smallest absolute Gasteiger partial charge is 0.309 e. The summed E-state index contributed by atoms with van der Waals surface area (Å²) in [5.74, 6) is -0.832. The van der Waals surface area contributed by atoms with E-state index in [9.17, 15) is 9.59 Å². The number of aliphatic hydroxyl groups is 1. The second-order valence-electron chi connectivity index (χ2n) is 7.10. The molecule has 0 aliphatic carbocycles. The van der Waals surface area contributed by atoms with Crippen LogP contribution >= 0.6 is 0 Å². The molecule has 0 aromatic rings. The van der Waals surface area contributed by atoms with E-state index in [2.05, 4.69) is 25.5 Å².